The van der Waals surface area contributed by atoms with Gasteiger partial charge in [0.05, 0.1) is 7.06 Å². The number of hydrogen-bond acceptors (Lipinski definition) is 3. The maximum atomic E-state index is 12.5. The third-order valence-corrected chi connectivity index (χ3v) is 5.45. The van der Waals surface area contributed by atoms with Crippen LogP contribution in [0, 0.1) is 5.41 Å². The first-order valence-electron chi connectivity index (χ1n) is 9.84. The van der Waals surface area contributed by atoms with Crippen LogP contribution in [-0.4, -0.2) is 22.7 Å². The Morgan fingerprint density at radius 1 is 1.11 bits per heavy atom. The van der Waals surface area contributed by atoms with Gasteiger partial charge in [-0.05, 0) is 56.0 Å². The van der Waals surface area contributed by atoms with Crippen LogP contribution in [0.25, 0.3) is 0 Å². The zero-order valence-corrected chi connectivity index (χ0v) is 18.8. The smallest absolute Gasteiger partial charge is 0.329 e. The third kappa shape index (κ3) is 3.41. The second kappa shape index (κ2) is 6.80. The SMILES string of the molecule is [2H]C1(C(=O)O)N(c2ccccc2OC(C)(C)C)C1(c1ccc(Br)cc1)C(C)(C)C. The van der Waals surface area contributed by atoms with Crippen molar-refractivity contribution in [2.24, 2.45) is 5.41 Å². The highest BCUT2D eigenvalue weighted by atomic mass is 79.9. The first-order chi connectivity index (χ1) is 13.3. The Morgan fingerprint density at radius 3 is 2.18 bits per heavy atom. The average molecular weight is 447 g/mol. The number of aliphatic carboxylic acids is 1. The zero-order valence-electron chi connectivity index (χ0n) is 18.2. The Hall–Kier alpha value is -2.01. The molecule has 4 nitrogen and oxygen atoms in total. The molecule has 1 N–H and O–H groups in total. The summed E-state index contributed by atoms with van der Waals surface area (Å²) in [5.74, 6) is -0.609. The summed E-state index contributed by atoms with van der Waals surface area (Å²) in [6.07, 6.45) is 0. The number of hydrogen-bond donors (Lipinski definition) is 1. The molecule has 0 spiro atoms. The van der Waals surface area contributed by atoms with Gasteiger partial charge in [0.2, 0.25) is 0 Å². The summed E-state index contributed by atoms with van der Waals surface area (Å²) < 4.78 is 16.2. The van der Waals surface area contributed by atoms with Crippen molar-refractivity contribution in [2.45, 2.75) is 58.7 Å². The molecule has 0 radical (unpaired) electrons. The second-order valence-electron chi connectivity index (χ2n) is 9.14. The molecule has 28 heavy (non-hydrogen) atoms. The van der Waals surface area contributed by atoms with Crippen molar-refractivity contribution in [1.29, 1.82) is 0 Å². The molecule has 0 aliphatic carbocycles. The fraction of sp³-hybridized carbons (Fsp3) is 0.435. The normalized spacial score (nSPS) is 25.2. The van der Waals surface area contributed by atoms with E-state index < -0.39 is 28.5 Å². The molecule has 0 amide bonds. The molecule has 2 unspecified atom stereocenters. The van der Waals surface area contributed by atoms with Crippen LogP contribution in [0.15, 0.2) is 53.0 Å². The van der Waals surface area contributed by atoms with Gasteiger partial charge in [0, 0.05) is 4.47 Å². The Balaban J connectivity index is 2.28. The van der Waals surface area contributed by atoms with Crippen molar-refractivity contribution in [1.82, 2.24) is 0 Å². The predicted molar refractivity (Wildman–Crippen MR) is 116 cm³/mol. The van der Waals surface area contributed by atoms with Crippen LogP contribution in [0.3, 0.4) is 0 Å². The zero-order chi connectivity index (χ0) is 21.8. The van der Waals surface area contributed by atoms with Gasteiger partial charge in [0.15, 0.2) is 6.02 Å². The number of para-hydroxylation sites is 2. The van der Waals surface area contributed by atoms with Gasteiger partial charge < -0.3 is 14.7 Å². The van der Waals surface area contributed by atoms with Crippen LogP contribution in [0.4, 0.5) is 5.69 Å². The van der Waals surface area contributed by atoms with Crippen molar-refractivity contribution in [3.05, 3.63) is 58.6 Å². The van der Waals surface area contributed by atoms with Gasteiger partial charge in [0.25, 0.3) is 0 Å². The van der Waals surface area contributed by atoms with E-state index in [1.165, 1.54) is 0 Å². The highest BCUT2D eigenvalue weighted by Gasteiger charge is 2.73. The van der Waals surface area contributed by atoms with Crippen LogP contribution in [0.1, 0.15) is 48.5 Å². The van der Waals surface area contributed by atoms with Crippen LogP contribution in [0.2, 0.25) is 0 Å². The number of carboxylic acids is 1. The van der Waals surface area contributed by atoms with Crippen molar-refractivity contribution in [3.63, 3.8) is 0 Å². The van der Waals surface area contributed by atoms with Crippen LogP contribution in [0.5, 0.6) is 5.75 Å². The van der Waals surface area contributed by atoms with Crippen molar-refractivity contribution in [3.8, 4) is 5.75 Å². The number of nitrogens with zero attached hydrogens (tertiary/aromatic N) is 1. The summed E-state index contributed by atoms with van der Waals surface area (Å²) in [4.78, 5) is 14.2. The molecular formula is C23H28BrNO3. The molecule has 1 aliphatic rings. The summed E-state index contributed by atoms with van der Waals surface area (Å²) in [6, 6.07) is 13.1. The molecule has 1 fully saturated rings. The first-order valence-corrected chi connectivity index (χ1v) is 10.1. The fourth-order valence-corrected chi connectivity index (χ4v) is 4.20. The minimum absolute atomic E-state index is 0.456. The molecule has 0 saturated carbocycles. The number of rotatable bonds is 4. The van der Waals surface area contributed by atoms with Crippen LogP contribution >= 0.6 is 15.9 Å². The van der Waals surface area contributed by atoms with E-state index in [4.69, 9.17) is 6.11 Å². The van der Waals surface area contributed by atoms with Crippen molar-refractivity contribution >= 4 is 27.6 Å². The molecule has 1 saturated heterocycles. The quantitative estimate of drug-likeness (QED) is 0.599. The van der Waals surface area contributed by atoms with E-state index in [9.17, 15) is 9.90 Å². The van der Waals surface area contributed by atoms with E-state index in [-0.39, 0.29) is 0 Å². The summed E-state index contributed by atoms with van der Waals surface area (Å²) in [5, 5.41) is 10.2. The van der Waals surface area contributed by atoms with Gasteiger partial charge in [-0.2, -0.15) is 0 Å². The van der Waals surface area contributed by atoms with E-state index in [2.05, 4.69) is 15.9 Å². The van der Waals surface area contributed by atoms with Gasteiger partial charge in [-0.15, -0.1) is 0 Å². The van der Waals surface area contributed by atoms with Crippen LogP contribution in [-0.2, 0) is 10.3 Å². The maximum Gasteiger partial charge on any atom is 0.329 e. The molecule has 1 heterocycles. The molecule has 1 aliphatic heterocycles. The highest BCUT2D eigenvalue weighted by Crippen LogP contribution is 2.63. The van der Waals surface area contributed by atoms with Gasteiger partial charge in [-0.3, -0.25) is 0 Å². The standard InChI is InChI=1S/C23H28BrNO3/c1-21(2,3)23(15-11-13-16(24)14-12-15)19(20(26)27)25(23)17-9-7-8-10-18(17)28-22(4,5)6/h7-14,19H,1-6H3,(H,26,27)/i19D. The molecule has 0 bridgehead atoms. The molecule has 2 atom stereocenters. The maximum absolute atomic E-state index is 12.5. The number of anilines is 1. The Bertz CT molecular complexity index is 932. The van der Waals surface area contributed by atoms with Crippen LogP contribution < -0.4 is 9.64 Å². The molecule has 150 valence electrons. The predicted octanol–water partition coefficient (Wildman–Crippen LogP) is 5.84. The Labute approximate surface area is 177 Å². The molecule has 0 aromatic heterocycles. The lowest BCUT2D eigenvalue weighted by Gasteiger charge is -2.33. The fourth-order valence-electron chi connectivity index (χ4n) is 3.94. The highest BCUT2D eigenvalue weighted by molar-refractivity contribution is 9.10. The lowest BCUT2D eigenvalue weighted by molar-refractivity contribution is -0.137. The Morgan fingerprint density at radius 2 is 1.68 bits per heavy atom. The van der Waals surface area contributed by atoms with Crippen molar-refractivity contribution in [2.75, 3.05) is 4.90 Å². The minimum Gasteiger partial charge on any atom is -0.486 e. The summed E-state index contributed by atoms with van der Waals surface area (Å²) >= 11 is 3.45. The second-order valence-corrected chi connectivity index (χ2v) is 10.1. The van der Waals surface area contributed by atoms with Gasteiger partial charge in [-0.1, -0.05) is 61.0 Å². The number of carbonyl (C=O) groups is 1. The lowest BCUT2D eigenvalue weighted by Crippen LogP contribution is -2.34. The largest absolute Gasteiger partial charge is 0.486 e. The first kappa shape index (κ1) is 19.3. The van der Waals surface area contributed by atoms with Crippen molar-refractivity contribution < 1.29 is 16.0 Å². The number of ether oxygens (including phenoxy) is 1. The monoisotopic (exact) mass is 446 g/mol. The number of benzene rings is 2. The molecule has 5 heteroatoms. The molecule has 2 aromatic rings. The third-order valence-electron chi connectivity index (χ3n) is 4.92. The summed E-state index contributed by atoms with van der Waals surface area (Å²) in [5.41, 5.74) is -0.671. The van der Waals surface area contributed by atoms with E-state index in [1.807, 2.05) is 90.1 Å². The Kier molecular flexibility index (Phi) is 4.69. The number of carboxylic acid groups (broad SMARTS) is 1. The molecule has 2 aromatic carbocycles. The van der Waals surface area contributed by atoms with E-state index in [0.717, 1.165) is 10.0 Å². The number of halogens is 1. The van der Waals surface area contributed by atoms with Gasteiger partial charge in [-0.25, -0.2) is 4.79 Å². The van der Waals surface area contributed by atoms with Gasteiger partial charge >= 0.3 is 5.97 Å². The van der Waals surface area contributed by atoms with E-state index in [1.54, 1.807) is 4.90 Å². The molecule has 3 rings (SSSR count). The minimum atomic E-state index is -1.86. The lowest BCUT2D eigenvalue weighted by atomic mass is 9.73. The topological polar surface area (TPSA) is 49.5 Å². The summed E-state index contributed by atoms with van der Waals surface area (Å²) in [7, 11) is 0. The average Bonchev–Trinajstić information content (AvgIpc) is 3.17. The molecular weight excluding hydrogens is 418 g/mol. The van der Waals surface area contributed by atoms with Gasteiger partial charge in [0.1, 0.15) is 16.9 Å². The summed E-state index contributed by atoms with van der Waals surface area (Å²) in [6.45, 7) is 11.8. The van der Waals surface area contributed by atoms with E-state index in [0.29, 0.717) is 11.4 Å². The van der Waals surface area contributed by atoms with E-state index >= 15 is 0 Å².